The number of ether oxygens (including phenoxy) is 1. The van der Waals surface area contributed by atoms with Crippen molar-refractivity contribution in [1.29, 1.82) is 0 Å². The normalized spacial score (nSPS) is 10.2. The van der Waals surface area contributed by atoms with Crippen LogP contribution in [0.15, 0.2) is 42.5 Å². The van der Waals surface area contributed by atoms with Crippen molar-refractivity contribution in [1.82, 2.24) is 0 Å². The third-order valence-corrected chi connectivity index (χ3v) is 3.24. The molecule has 3 nitrogen and oxygen atoms in total. The van der Waals surface area contributed by atoms with Crippen LogP contribution in [0.1, 0.15) is 0 Å². The van der Waals surface area contributed by atoms with Gasteiger partial charge in [-0.05, 0) is 36.4 Å². The molecule has 0 aliphatic rings. The lowest BCUT2D eigenvalue weighted by Crippen LogP contribution is -2.20. The number of rotatable bonds is 4. The molecule has 20 heavy (non-hydrogen) atoms. The molecule has 0 aromatic heterocycles. The lowest BCUT2D eigenvalue weighted by Gasteiger charge is -2.10. The van der Waals surface area contributed by atoms with Gasteiger partial charge in [0.15, 0.2) is 12.4 Å². The van der Waals surface area contributed by atoms with Crippen molar-refractivity contribution in [3.05, 3.63) is 57.5 Å². The zero-order valence-corrected chi connectivity index (χ0v) is 12.5. The third-order valence-electron chi connectivity index (χ3n) is 2.39. The molecule has 0 bridgehead atoms. The van der Waals surface area contributed by atoms with Crippen molar-refractivity contribution < 1.29 is 9.53 Å². The number of hydrogen-bond acceptors (Lipinski definition) is 2. The maximum absolute atomic E-state index is 11.7. The Balaban J connectivity index is 1.94. The summed E-state index contributed by atoms with van der Waals surface area (Å²) in [6, 6.07) is 11.7. The van der Waals surface area contributed by atoms with E-state index in [1.54, 1.807) is 42.5 Å². The standard InChI is InChI=1S/C14H10Cl3NO2/c15-9-4-6-10(7-5-9)18-13(19)8-20-14-11(16)2-1-3-12(14)17/h1-7H,8H2,(H,18,19). The molecule has 2 aromatic rings. The van der Waals surface area contributed by atoms with E-state index in [9.17, 15) is 4.79 Å². The van der Waals surface area contributed by atoms with E-state index in [1.807, 2.05) is 0 Å². The lowest BCUT2D eigenvalue weighted by atomic mass is 10.3. The van der Waals surface area contributed by atoms with E-state index in [4.69, 9.17) is 39.5 Å². The molecule has 6 heteroatoms. The molecule has 0 heterocycles. The smallest absolute Gasteiger partial charge is 0.262 e. The summed E-state index contributed by atoms with van der Waals surface area (Å²) in [7, 11) is 0. The summed E-state index contributed by atoms with van der Waals surface area (Å²) in [6.07, 6.45) is 0. The molecule has 0 aliphatic carbocycles. The summed E-state index contributed by atoms with van der Waals surface area (Å²) in [5.41, 5.74) is 0.633. The number of carbonyl (C=O) groups excluding carboxylic acids is 1. The zero-order chi connectivity index (χ0) is 14.5. The first-order valence-corrected chi connectivity index (χ1v) is 6.82. The van der Waals surface area contributed by atoms with Crippen LogP contribution in [0, 0.1) is 0 Å². The second-order valence-electron chi connectivity index (χ2n) is 3.89. The van der Waals surface area contributed by atoms with E-state index in [1.165, 1.54) is 0 Å². The fourth-order valence-electron chi connectivity index (χ4n) is 1.49. The minimum absolute atomic E-state index is 0.188. The molecule has 2 aromatic carbocycles. The van der Waals surface area contributed by atoms with Crippen LogP contribution in [0.2, 0.25) is 15.1 Å². The van der Waals surface area contributed by atoms with E-state index < -0.39 is 0 Å². The first kappa shape index (κ1) is 15.0. The number of para-hydroxylation sites is 1. The zero-order valence-electron chi connectivity index (χ0n) is 10.2. The highest BCUT2D eigenvalue weighted by molar-refractivity contribution is 6.37. The molecule has 2 rings (SSSR count). The number of nitrogens with one attached hydrogen (secondary N) is 1. The van der Waals surface area contributed by atoms with Gasteiger partial charge in [-0.2, -0.15) is 0 Å². The van der Waals surface area contributed by atoms with Gasteiger partial charge in [0.2, 0.25) is 0 Å². The topological polar surface area (TPSA) is 38.3 Å². The van der Waals surface area contributed by atoms with Gasteiger partial charge in [-0.15, -0.1) is 0 Å². The van der Waals surface area contributed by atoms with Crippen LogP contribution in [0.4, 0.5) is 5.69 Å². The van der Waals surface area contributed by atoms with Gasteiger partial charge in [-0.25, -0.2) is 0 Å². The Morgan fingerprint density at radius 2 is 1.60 bits per heavy atom. The number of amides is 1. The summed E-state index contributed by atoms with van der Waals surface area (Å²) in [5, 5.41) is 3.99. The van der Waals surface area contributed by atoms with Gasteiger partial charge in [0, 0.05) is 10.7 Å². The van der Waals surface area contributed by atoms with E-state index >= 15 is 0 Å². The highest BCUT2D eigenvalue weighted by Crippen LogP contribution is 2.32. The minimum atomic E-state index is -0.316. The fraction of sp³-hybridized carbons (Fsp3) is 0.0714. The van der Waals surface area contributed by atoms with Crippen LogP contribution < -0.4 is 10.1 Å². The van der Waals surface area contributed by atoms with Crippen LogP contribution >= 0.6 is 34.8 Å². The molecule has 0 saturated carbocycles. The van der Waals surface area contributed by atoms with Gasteiger partial charge in [0.1, 0.15) is 0 Å². The van der Waals surface area contributed by atoms with Crippen LogP contribution in [-0.4, -0.2) is 12.5 Å². The van der Waals surface area contributed by atoms with Crippen LogP contribution in [0.5, 0.6) is 5.75 Å². The Kier molecular flexibility index (Phi) is 5.12. The predicted octanol–water partition coefficient (Wildman–Crippen LogP) is 4.66. The molecule has 0 saturated heterocycles. The lowest BCUT2D eigenvalue weighted by molar-refractivity contribution is -0.118. The Morgan fingerprint density at radius 3 is 2.20 bits per heavy atom. The number of hydrogen-bond donors (Lipinski definition) is 1. The van der Waals surface area contributed by atoms with Gasteiger partial charge in [-0.1, -0.05) is 40.9 Å². The van der Waals surface area contributed by atoms with Gasteiger partial charge in [-0.3, -0.25) is 4.79 Å². The Labute approximate surface area is 131 Å². The Hall–Kier alpha value is -1.42. The summed E-state index contributed by atoms with van der Waals surface area (Å²) in [4.78, 5) is 11.7. The van der Waals surface area contributed by atoms with Gasteiger partial charge in [0.25, 0.3) is 5.91 Å². The molecule has 0 unspecified atom stereocenters. The molecule has 0 radical (unpaired) electrons. The average Bonchev–Trinajstić information content (AvgIpc) is 2.41. The molecule has 0 aliphatic heterocycles. The first-order chi connectivity index (χ1) is 9.56. The van der Waals surface area contributed by atoms with Gasteiger partial charge >= 0.3 is 0 Å². The number of benzene rings is 2. The highest BCUT2D eigenvalue weighted by atomic mass is 35.5. The van der Waals surface area contributed by atoms with Crippen molar-refractivity contribution in [2.24, 2.45) is 0 Å². The fourth-order valence-corrected chi connectivity index (χ4v) is 2.12. The highest BCUT2D eigenvalue weighted by Gasteiger charge is 2.09. The van der Waals surface area contributed by atoms with E-state index in [-0.39, 0.29) is 12.5 Å². The summed E-state index contributed by atoms with van der Waals surface area (Å²) in [5.74, 6) is -0.0228. The first-order valence-electron chi connectivity index (χ1n) is 5.68. The van der Waals surface area contributed by atoms with Crippen LogP contribution in [-0.2, 0) is 4.79 Å². The van der Waals surface area contributed by atoms with Gasteiger partial charge < -0.3 is 10.1 Å². The number of carbonyl (C=O) groups is 1. The van der Waals surface area contributed by atoms with Gasteiger partial charge in [0.05, 0.1) is 10.0 Å². The van der Waals surface area contributed by atoms with Crippen LogP contribution in [0.3, 0.4) is 0 Å². The monoisotopic (exact) mass is 329 g/mol. The van der Waals surface area contributed by atoms with Crippen molar-refractivity contribution in [3.8, 4) is 5.75 Å². The Morgan fingerprint density at radius 1 is 1.00 bits per heavy atom. The predicted molar refractivity (Wildman–Crippen MR) is 82.0 cm³/mol. The maximum Gasteiger partial charge on any atom is 0.262 e. The van der Waals surface area contributed by atoms with Crippen molar-refractivity contribution >= 4 is 46.4 Å². The summed E-state index contributed by atoms with van der Waals surface area (Å²) in [6.45, 7) is -0.188. The maximum atomic E-state index is 11.7. The summed E-state index contributed by atoms with van der Waals surface area (Å²) >= 11 is 17.6. The largest absolute Gasteiger partial charge is 0.481 e. The average molecular weight is 331 g/mol. The molecular weight excluding hydrogens is 321 g/mol. The summed E-state index contributed by atoms with van der Waals surface area (Å²) < 4.78 is 5.32. The molecule has 0 spiro atoms. The molecule has 1 amide bonds. The van der Waals surface area contributed by atoms with E-state index in [2.05, 4.69) is 5.32 Å². The molecule has 0 fully saturated rings. The molecular formula is C14H10Cl3NO2. The number of halogens is 3. The molecule has 1 N–H and O–H groups in total. The van der Waals surface area contributed by atoms with E-state index in [0.717, 1.165) is 0 Å². The van der Waals surface area contributed by atoms with Crippen LogP contribution in [0.25, 0.3) is 0 Å². The molecule has 104 valence electrons. The minimum Gasteiger partial charge on any atom is -0.481 e. The third kappa shape index (κ3) is 4.04. The van der Waals surface area contributed by atoms with E-state index in [0.29, 0.717) is 26.5 Å². The molecule has 0 atom stereocenters. The van der Waals surface area contributed by atoms with Crippen molar-refractivity contribution in [2.45, 2.75) is 0 Å². The number of anilines is 1. The SMILES string of the molecule is O=C(COc1c(Cl)cccc1Cl)Nc1ccc(Cl)cc1. The second kappa shape index (κ2) is 6.84. The van der Waals surface area contributed by atoms with Crippen molar-refractivity contribution in [2.75, 3.05) is 11.9 Å². The Bertz CT molecular complexity index is 594. The second-order valence-corrected chi connectivity index (χ2v) is 5.15. The van der Waals surface area contributed by atoms with Crippen molar-refractivity contribution in [3.63, 3.8) is 0 Å². The quantitative estimate of drug-likeness (QED) is 0.885.